The zero-order valence-corrected chi connectivity index (χ0v) is 15.7. The number of nitrogens with zero attached hydrogens (tertiary/aromatic N) is 5. The zero-order chi connectivity index (χ0) is 19.1. The first-order valence-electron chi connectivity index (χ1n) is 9.66. The van der Waals surface area contributed by atoms with Crippen LogP contribution in [0.2, 0.25) is 0 Å². The lowest BCUT2D eigenvalue weighted by atomic mass is 9.73. The summed E-state index contributed by atoms with van der Waals surface area (Å²) in [6.45, 7) is 2.23. The number of aromatic nitrogens is 4. The molecule has 3 aliphatic heterocycles. The smallest absolute Gasteiger partial charge is 0.271 e. The fourth-order valence-corrected chi connectivity index (χ4v) is 4.97. The quantitative estimate of drug-likeness (QED) is 0.781. The van der Waals surface area contributed by atoms with Crippen LogP contribution in [0.1, 0.15) is 23.3 Å². The maximum Gasteiger partial charge on any atom is 0.271 e. The molecule has 2 bridgehead atoms. The molecule has 3 saturated heterocycles. The average Bonchev–Trinajstić information content (AvgIpc) is 3.41. The van der Waals surface area contributed by atoms with Crippen LogP contribution in [-0.4, -0.2) is 64.2 Å². The van der Waals surface area contributed by atoms with E-state index in [0.29, 0.717) is 18.2 Å². The number of ether oxygens (including phenoxy) is 1. The molecule has 3 fully saturated rings. The lowest BCUT2D eigenvalue weighted by Gasteiger charge is -2.29. The van der Waals surface area contributed by atoms with Gasteiger partial charge in [0.25, 0.3) is 5.91 Å². The number of rotatable bonds is 5. The molecular formula is C19H23N7O2. The minimum Gasteiger partial charge on any atom is -0.373 e. The highest BCUT2D eigenvalue weighted by Gasteiger charge is 2.63. The molecule has 1 spiro atoms. The number of anilines is 2. The van der Waals surface area contributed by atoms with Crippen LogP contribution in [0.15, 0.2) is 30.9 Å². The van der Waals surface area contributed by atoms with Crippen molar-refractivity contribution < 1.29 is 9.53 Å². The van der Waals surface area contributed by atoms with Crippen LogP contribution in [-0.2, 0) is 4.74 Å². The van der Waals surface area contributed by atoms with Crippen molar-refractivity contribution >= 4 is 17.7 Å². The third-order valence-electron chi connectivity index (χ3n) is 6.26. The number of fused-ring (bicyclic) bond motifs is 1. The van der Waals surface area contributed by atoms with Crippen LogP contribution in [0, 0.1) is 11.8 Å². The number of hydrogen-bond acceptors (Lipinski definition) is 8. The van der Waals surface area contributed by atoms with Crippen molar-refractivity contribution in [1.29, 1.82) is 0 Å². The molecule has 0 aliphatic carbocycles. The Hall–Kier alpha value is -2.81. The normalized spacial score (nSPS) is 30.3. The van der Waals surface area contributed by atoms with E-state index in [-0.39, 0.29) is 23.5 Å². The van der Waals surface area contributed by atoms with Gasteiger partial charge in [-0.15, -0.1) is 0 Å². The van der Waals surface area contributed by atoms with Crippen LogP contribution >= 0.6 is 0 Å². The number of nitrogens with one attached hydrogen (secondary N) is 2. The van der Waals surface area contributed by atoms with Crippen LogP contribution < -0.4 is 15.5 Å². The fraction of sp³-hybridized carbons (Fsp3) is 0.526. The molecule has 0 unspecified atom stereocenters. The molecule has 9 nitrogen and oxygen atoms in total. The molecular weight excluding hydrogens is 358 g/mol. The van der Waals surface area contributed by atoms with Crippen LogP contribution in [0.4, 0.5) is 11.8 Å². The Morgan fingerprint density at radius 1 is 1.36 bits per heavy atom. The van der Waals surface area contributed by atoms with Crippen molar-refractivity contribution in [2.75, 3.05) is 36.9 Å². The van der Waals surface area contributed by atoms with E-state index in [1.807, 2.05) is 13.1 Å². The zero-order valence-electron chi connectivity index (χ0n) is 15.7. The summed E-state index contributed by atoms with van der Waals surface area (Å²) in [5.74, 6) is 1.98. The second-order valence-corrected chi connectivity index (χ2v) is 7.70. The molecule has 28 heavy (non-hydrogen) atoms. The third kappa shape index (κ3) is 2.77. The van der Waals surface area contributed by atoms with E-state index in [0.717, 1.165) is 37.7 Å². The van der Waals surface area contributed by atoms with Gasteiger partial charge in [0.15, 0.2) is 0 Å². The lowest BCUT2D eigenvalue weighted by molar-refractivity contribution is 0.0141. The average molecular weight is 381 g/mol. The van der Waals surface area contributed by atoms with Crippen molar-refractivity contribution in [3.05, 3.63) is 36.5 Å². The topological polar surface area (TPSA) is 105 Å². The first kappa shape index (κ1) is 17.3. The van der Waals surface area contributed by atoms with E-state index in [9.17, 15) is 4.79 Å². The standard InChI is InChI=1S/C19H23N7O2/c1-20-16-3-5-23-18(25-16)26-10-13-12(15-2-4-19(13,11-26)28-15)8-24-17(27)14-9-21-6-7-22-14/h3,5-7,9,12-13,15H,2,4,8,10-11H2,1H3,(H,24,27)(H,20,23,25)/t12-,13+,15+,19+/m0/s1. The second kappa shape index (κ2) is 6.66. The van der Waals surface area contributed by atoms with Crippen molar-refractivity contribution in [3.8, 4) is 0 Å². The monoisotopic (exact) mass is 381 g/mol. The molecule has 3 aliphatic rings. The molecule has 5 rings (SSSR count). The minimum absolute atomic E-state index is 0.147. The van der Waals surface area contributed by atoms with Crippen LogP contribution in [0.3, 0.4) is 0 Å². The molecule has 2 aromatic heterocycles. The van der Waals surface area contributed by atoms with Crippen LogP contribution in [0.25, 0.3) is 0 Å². The highest BCUT2D eigenvalue weighted by Crippen LogP contribution is 2.54. The minimum atomic E-state index is -0.190. The van der Waals surface area contributed by atoms with E-state index in [2.05, 4.69) is 35.5 Å². The summed E-state index contributed by atoms with van der Waals surface area (Å²) < 4.78 is 6.45. The van der Waals surface area contributed by atoms with Gasteiger partial charge in [0, 0.05) is 50.6 Å². The predicted octanol–water partition coefficient (Wildman–Crippen LogP) is 0.722. The van der Waals surface area contributed by atoms with E-state index >= 15 is 0 Å². The molecule has 0 radical (unpaired) electrons. The molecule has 0 saturated carbocycles. The Balaban J connectivity index is 1.30. The van der Waals surface area contributed by atoms with Crippen molar-refractivity contribution in [3.63, 3.8) is 0 Å². The van der Waals surface area contributed by atoms with Gasteiger partial charge in [-0.1, -0.05) is 0 Å². The summed E-state index contributed by atoms with van der Waals surface area (Å²) in [6.07, 6.45) is 8.64. The van der Waals surface area contributed by atoms with Gasteiger partial charge in [0.1, 0.15) is 11.5 Å². The van der Waals surface area contributed by atoms with Gasteiger partial charge < -0.3 is 20.3 Å². The summed E-state index contributed by atoms with van der Waals surface area (Å²) in [5.41, 5.74) is 0.192. The molecule has 1 amide bonds. The summed E-state index contributed by atoms with van der Waals surface area (Å²) in [7, 11) is 1.85. The molecule has 4 atom stereocenters. The maximum absolute atomic E-state index is 12.4. The molecule has 146 valence electrons. The number of carbonyl (C=O) groups is 1. The molecule has 5 heterocycles. The third-order valence-corrected chi connectivity index (χ3v) is 6.26. The SMILES string of the molecule is CNc1ccnc(N2C[C@@H]3[C@H](CNC(=O)c4cnccn4)[C@H]4CC[C@]3(C2)O4)n1. The highest BCUT2D eigenvalue weighted by molar-refractivity contribution is 5.91. The number of carbonyl (C=O) groups excluding carboxylic acids is 1. The Kier molecular flexibility index (Phi) is 4.12. The summed E-state index contributed by atoms with van der Waals surface area (Å²) >= 11 is 0. The molecule has 0 aromatic carbocycles. The summed E-state index contributed by atoms with van der Waals surface area (Å²) in [5, 5.41) is 6.09. The molecule has 9 heteroatoms. The van der Waals surface area contributed by atoms with Crippen molar-refractivity contribution in [2.45, 2.75) is 24.5 Å². The van der Waals surface area contributed by atoms with E-state index in [1.54, 1.807) is 12.4 Å². The maximum atomic E-state index is 12.4. The summed E-state index contributed by atoms with van der Waals surface area (Å²) in [4.78, 5) is 31.6. The number of hydrogen-bond donors (Lipinski definition) is 2. The van der Waals surface area contributed by atoms with Gasteiger partial charge in [-0.05, 0) is 18.9 Å². The van der Waals surface area contributed by atoms with Gasteiger partial charge in [-0.3, -0.25) is 9.78 Å². The van der Waals surface area contributed by atoms with Gasteiger partial charge in [-0.2, -0.15) is 4.98 Å². The largest absolute Gasteiger partial charge is 0.373 e. The van der Waals surface area contributed by atoms with Gasteiger partial charge in [0.2, 0.25) is 5.95 Å². The van der Waals surface area contributed by atoms with E-state index in [1.165, 1.54) is 12.4 Å². The second-order valence-electron chi connectivity index (χ2n) is 7.70. The Labute approximate surface area is 162 Å². The first-order chi connectivity index (χ1) is 13.7. The van der Waals surface area contributed by atoms with Gasteiger partial charge >= 0.3 is 0 Å². The number of amides is 1. The molecule has 2 aromatic rings. The van der Waals surface area contributed by atoms with E-state index < -0.39 is 0 Å². The first-order valence-corrected chi connectivity index (χ1v) is 9.66. The van der Waals surface area contributed by atoms with Gasteiger partial charge in [-0.25, -0.2) is 9.97 Å². The molecule has 2 N–H and O–H groups in total. The van der Waals surface area contributed by atoms with Crippen molar-refractivity contribution in [2.24, 2.45) is 11.8 Å². The lowest BCUT2D eigenvalue weighted by Crippen LogP contribution is -2.42. The fourth-order valence-electron chi connectivity index (χ4n) is 4.97. The van der Waals surface area contributed by atoms with E-state index in [4.69, 9.17) is 4.74 Å². The Morgan fingerprint density at radius 3 is 3.11 bits per heavy atom. The Bertz CT molecular complexity index is 880. The highest BCUT2D eigenvalue weighted by atomic mass is 16.5. The Morgan fingerprint density at radius 2 is 2.29 bits per heavy atom. The predicted molar refractivity (Wildman–Crippen MR) is 102 cm³/mol. The summed E-state index contributed by atoms with van der Waals surface area (Å²) in [6, 6.07) is 1.85. The van der Waals surface area contributed by atoms with Gasteiger partial charge in [0.05, 0.1) is 24.4 Å². The van der Waals surface area contributed by atoms with Crippen molar-refractivity contribution in [1.82, 2.24) is 25.3 Å². The van der Waals surface area contributed by atoms with Crippen LogP contribution in [0.5, 0.6) is 0 Å².